The van der Waals surface area contributed by atoms with Gasteiger partial charge in [-0.2, -0.15) is 0 Å². The first-order valence-corrected chi connectivity index (χ1v) is 5.94. The van der Waals surface area contributed by atoms with Crippen LogP contribution in [0.3, 0.4) is 0 Å². The number of hydrogen-bond donors (Lipinski definition) is 2. The van der Waals surface area contributed by atoms with Crippen LogP contribution in [0.25, 0.3) is 0 Å². The van der Waals surface area contributed by atoms with E-state index >= 15 is 0 Å². The van der Waals surface area contributed by atoms with Gasteiger partial charge >= 0.3 is 0 Å². The summed E-state index contributed by atoms with van der Waals surface area (Å²) in [5.74, 6) is 1.21. The second-order valence-electron chi connectivity index (χ2n) is 4.41. The maximum atomic E-state index is 3.58. The predicted octanol–water partition coefficient (Wildman–Crippen LogP) is 1.98. The molecule has 1 aromatic heterocycles. The van der Waals surface area contributed by atoms with E-state index in [-0.39, 0.29) is 0 Å². The molecule has 1 aromatic rings. The smallest absolute Gasteiger partial charge is 0.105 e. The van der Waals surface area contributed by atoms with Crippen molar-refractivity contribution in [1.82, 2.24) is 10.3 Å². The molecule has 1 aliphatic rings. The lowest BCUT2D eigenvalue weighted by Gasteiger charge is -2.26. The molecule has 0 radical (unpaired) electrons. The quantitative estimate of drug-likeness (QED) is 0.791. The summed E-state index contributed by atoms with van der Waals surface area (Å²) in [5, 5.41) is 3.58. The molecule has 3 nitrogen and oxygen atoms in total. The average Bonchev–Trinajstić information content (AvgIpc) is 2.81. The second kappa shape index (κ2) is 5.21. The number of nitrogens with zero attached hydrogens (tertiary/aromatic N) is 1. The Hall–Kier alpha value is -0.960. The van der Waals surface area contributed by atoms with Crippen LogP contribution in [0.15, 0.2) is 18.3 Å². The van der Waals surface area contributed by atoms with Crippen molar-refractivity contribution in [2.45, 2.75) is 31.7 Å². The van der Waals surface area contributed by atoms with E-state index in [1.807, 2.05) is 12.3 Å². The van der Waals surface area contributed by atoms with Crippen LogP contribution >= 0.6 is 0 Å². The third kappa shape index (κ3) is 2.99. The number of rotatable bonds is 4. The van der Waals surface area contributed by atoms with Gasteiger partial charge in [0.25, 0.3) is 0 Å². The van der Waals surface area contributed by atoms with Crippen LogP contribution in [0.5, 0.6) is 0 Å². The van der Waals surface area contributed by atoms with E-state index < -0.39 is 0 Å². The molecule has 84 valence electrons. The lowest BCUT2D eigenvalue weighted by Crippen LogP contribution is -2.36. The number of aromatic amines is 1. The first-order valence-electron chi connectivity index (χ1n) is 5.94. The SMILES string of the molecule is CN(CCC1CCCCN1)c1ccc[nH]1. The number of H-pyrrole nitrogens is 1. The molecule has 1 aliphatic heterocycles. The van der Waals surface area contributed by atoms with Crippen LogP contribution in [0.4, 0.5) is 5.82 Å². The fourth-order valence-corrected chi connectivity index (χ4v) is 2.20. The number of piperidine rings is 1. The third-order valence-electron chi connectivity index (χ3n) is 3.22. The Kier molecular flexibility index (Phi) is 3.67. The highest BCUT2D eigenvalue weighted by Gasteiger charge is 2.13. The topological polar surface area (TPSA) is 31.1 Å². The Morgan fingerprint density at radius 1 is 1.47 bits per heavy atom. The van der Waals surface area contributed by atoms with Gasteiger partial charge in [0.15, 0.2) is 0 Å². The Labute approximate surface area is 91.9 Å². The average molecular weight is 207 g/mol. The Morgan fingerprint density at radius 3 is 3.07 bits per heavy atom. The van der Waals surface area contributed by atoms with E-state index in [4.69, 9.17) is 0 Å². The first kappa shape index (κ1) is 10.6. The van der Waals surface area contributed by atoms with Gasteiger partial charge in [0, 0.05) is 25.8 Å². The van der Waals surface area contributed by atoms with Gasteiger partial charge in [0.2, 0.25) is 0 Å². The fourth-order valence-electron chi connectivity index (χ4n) is 2.20. The zero-order chi connectivity index (χ0) is 10.5. The number of aromatic nitrogens is 1. The largest absolute Gasteiger partial charge is 0.361 e. The summed E-state index contributed by atoms with van der Waals surface area (Å²) < 4.78 is 0. The highest BCUT2D eigenvalue weighted by Crippen LogP contribution is 2.13. The Morgan fingerprint density at radius 2 is 2.40 bits per heavy atom. The summed E-state index contributed by atoms with van der Waals surface area (Å²) in [6, 6.07) is 4.90. The van der Waals surface area contributed by atoms with Gasteiger partial charge in [-0.05, 0) is 37.9 Å². The summed E-state index contributed by atoms with van der Waals surface area (Å²) in [7, 11) is 2.15. The summed E-state index contributed by atoms with van der Waals surface area (Å²) in [4.78, 5) is 5.52. The Balaban J connectivity index is 1.73. The van der Waals surface area contributed by atoms with Crippen LogP contribution in [-0.2, 0) is 0 Å². The van der Waals surface area contributed by atoms with Gasteiger partial charge in [0.05, 0.1) is 0 Å². The van der Waals surface area contributed by atoms with Crippen LogP contribution in [0.1, 0.15) is 25.7 Å². The zero-order valence-corrected chi connectivity index (χ0v) is 9.50. The molecule has 15 heavy (non-hydrogen) atoms. The van der Waals surface area contributed by atoms with E-state index in [9.17, 15) is 0 Å². The zero-order valence-electron chi connectivity index (χ0n) is 9.50. The molecular weight excluding hydrogens is 186 g/mol. The monoisotopic (exact) mass is 207 g/mol. The first-order chi connectivity index (χ1) is 7.36. The molecule has 0 saturated carbocycles. The van der Waals surface area contributed by atoms with Crippen molar-refractivity contribution in [3.63, 3.8) is 0 Å². The normalized spacial score (nSPS) is 21.5. The molecule has 2 heterocycles. The van der Waals surface area contributed by atoms with E-state index in [2.05, 4.69) is 28.3 Å². The molecule has 0 bridgehead atoms. The summed E-state index contributed by atoms with van der Waals surface area (Å²) >= 11 is 0. The van der Waals surface area contributed by atoms with Crippen molar-refractivity contribution in [2.75, 3.05) is 25.0 Å². The van der Waals surface area contributed by atoms with Gasteiger partial charge in [-0.25, -0.2) is 0 Å². The lowest BCUT2D eigenvalue weighted by atomic mass is 10.0. The van der Waals surface area contributed by atoms with E-state index in [1.54, 1.807) is 0 Å². The van der Waals surface area contributed by atoms with E-state index in [1.165, 1.54) is 38.0 Å². The van der Waals surface area contributed by atoms with Gasteiger partial charge < -0.3 is 15.2 Å². The minimum atomic E-state index is 0.733. The van der Waals surface area contributed by atoms with Gasteiger partial charge in [-0.3, -0.25) is 0 Å². The minimum Gasteiger partial charge on any atom is -0.361 e. The van der Waals surface area contributed by atoms with Crippen LogP contribution in [0, 0.1) is 0 Å². The molecule has 1 saturated heterocycles. The van der Waals surface area contributed by atoms with Crippen molar-refractivity contribution in [3.8, 4) is 0 Å². The second-order valence-corrected chi connectivity index (χ2v) is 4.41. The van der Waals surface area contributed by atoms with Crippen molar-refractivity contribution >= 4 is 5.82 Å². The van der Waals surface area contributed by atoms with Crippen LogP contribution in [0.2, 0.25) is 0 Å². The fraction of sp³-hybridized carbons (Fsp3) is 0.667. The lowest BCUT2D eigenvalue weighted by molar-refractivity contribution is 0.384. The summed E-state index contributed by atoms with van der Waals surface area (Å²) in [5.41, 5.74) is 0. The maximum Gasteiger partial charge on any atom is 0.105 e. The van der Waals surface area contributed by atoms with Crippen molar-refractivity contribution in [3.05, 3.63) is 18.3 Å². The summed E-state index contributed by atoms with van der Waals surface area (Å²) in [6.45, 7) is 2.33. The summed E-state index contributed by atoms with van der Waals surface area (Å²) in [6.07, 6.45) is 7.31. The highest BCUT2D eigenvalue weighted by atomic mass is 15.2. The van der Waals surface area contributed by atoms with Crippen LogP contribution < -0.4 is 10.2 Å². The number of hydrogen-bond acceptors (Lipinski definition) is 2. The molecule has 1 unspecified atom stereocenters. The standard InChI is InChI=1S/C12H21N3/c1-15(12-6-4-9-14-12)10-7-11-5-2-3-8-13-11/h4,6,9,11,13-14H,2-3,5,7-8,10H2,1H3. The molecule has 2 N–H and O–H groups in total. The van der Waals surface area contributed by atoms with E-state index in [0.717, 1.165) is 12.6 Å². The van der Waals surface area contributed by atoms with Gasteiger partial charge in [-0.1, -0.05) is 6.42 Å². The Bertz CT molecular complexity index is 262. The molecule has 1 atom stereocenters. The van der Waals surface area contributed by atoms with Gasteiger partial charge in [-0.15, -0.1) is 0 Å². The third-order valence-corrected chi connectivity index (χ3v) is 3.22. The molecular formula is C12H21N3. The van der Waals surface area contributed by atoms with Crippen molar-refractivity contribution in [2.24, 2.45) is 0 Å². The molecule has 0 aromatic carbocycles. The minimum absolute atomic E-state index is 0.733. The number of anilines is 1. The molecule has 0 spiro atoms. The van der Waals surface area contributed by atoms with E-state index in [0.29, 0.717) is 0 Å². The number of nitrogens with one attached hydrogen (secondary N) is 2. The predicted molar refractivity (Wildman–Crippen MR) is 64.3 cm³/mol. The van der Waals surface area contributed by atoms with Crippen molar-refractivity contribution < 1.29 is 0 Å². The molecule has 3 heteroatoms. The van der Waals surface area contributed by atoms with Crippen molar-refractivity contribution in [1.29, 1.82) is 0 Å². The van der Waals surface area contributed by atoms with Crippen LogP contribution in [-0.4, -0.2) is 31.2 Å². The maximum absolute atomic E-state index is 3.58. The molecule has 0 amide bonds. The molecule has 1 fully saturated rings. The van der Waals surface area contributed by atoms with Gasteiger partial charge in [0.1, 0.15) is 5.82 Å². The molecule has 2 rings (SSSR count). The highest BCUT2D eigenvalue weighted by molar-refractivity contribution is 5.37. The molecule has 0 aliphatic carbocycles.